The first-order chi connectivity index (χ1) is 16.0. The van der Waals surface area contributed by atoms with Crippen LogP contribution in [0.5, 0.6) is 0 Å². The van der Waals surface area contributed by atoms with Gasteiger partial charge >= 0.3 is 0 Å². The summed E-state index contributed by atoms with van der Waals surface area (Å²) in [6.45, 7) is 2.43. The lowest BCUT2D eigenvalue weighted by Crippen LogP contribution is -2.25. The molecule has 164 valence electrons. The minimum absolute atomic E-state index is 0.0610. The summed E-state index contributed by atoms with van der Waals surface area (Å²) in [5.74, 6) is 0.340. The third kappa shape index (κ3) is 3.78. The number of amides is 2. The molecule has 0 atom stereocenters. The van der Waals surface area contributed by atoms with E-state index in [1.807, 2.05) is 36.4 Å². The number of aryl methyl sites for hydroxylation is 1. The number of hydrogen-bond donors (Lipinski definition) is 1. The number of carbonyl (C=O) groups excluding carboxylic acids is 2. The number of fused-ring (bicyclic) bond motifs is 1. The number of para-hydroxylation sites is 3. The molecule has 0 unspecified atom stereocenters. The minimum atomic E-state index is -0.290. The lowest BCUT2D eigenvalue weighted by molar-refractivity contribution is -0.117. The number of aromatic nitrogens is 2. The Morgan fingerprint density at radius 2 is 1.67 bits per heavy atom. The van der Waals surface area contributed by atoms with Crippen molar-refractivity contribution in [3.8, 4) is 5.69 Å². The SMILES string of the molecule is Cc1nc2ccccc2c(=O)n1-c1ccc(C(=O)Nc2ccccc2N2CCCC2=O)cc1. The second kappa shape index (κ2) is 8.35. The summed E-state index contributed by atoms with van der Waals surface area (Å²) in [7, 11) is 0. The van der Waals surface area contributed by atoms with Crippen molar-refractivity contribution in [3.63, 3.8) is 0 Å². The number of hydrogen-bond acceptors (Lipinski definition) is 4. The van der Waals surface area contributed by atoms with Gasteiger partial charge < -0.3 is 10.2 Å². The normalized spacial score (nSPS) is 13.5. The average Bonchev–Trinajstić information content (AvgIpc) is 3.25. The summed E-state index contributed by atoms with van der Waals surface area (Å²) in [4.78, 5) is 44.3. The molecule has 1 aliphatic rings. The Morgan fingerprint density at radius 1 is 0.939 bits per heavy atom. The molecule has 0 radical (unpaired) electrons. The van der Waals surface area contributed by atoms with Crippen LogP contribution >= 0.6 is 0 Å². The van der Waals surface area contributed by atoms with Gasteiger partial charge in [-0.2, -0.15) is 0 Å². The molecule has 4 aromatic rings. The minimum Gasteiger partial charge on any atom is -0.320 e. The standard InChI is InChI=1S/C26H22N4O3/c1-17-27-21-8-3-2-7-20(21)26(33)30(17)19-14-12-18(13-15-19)25(32)28-22-9-4-5-10-23(22)29-16-6-11-24(29)31/h2-5,7-10,12-15H,6,11,16H2,1H3,(H,28,32). The van der Waals surface area contributed by atoms with Crippen LogP contribution in [0.4, 0.5) is 11.4 Å². The van der Waals surface area contributed by atoms with Crippen LogP contribution in [0.15, 0.2) is 77.6 Å². The van der Waals surface area contributed by atoms with Crippen molar-refractivity contribution in [2.24, 2.45) is 0 Å². The number of nitrogens with one attached hydrogen (secondary N) is 1. The molecule has 1 aliphatic heterocycles. The highest BCUT2D eigenvalue weighted by Crippen LogP contribution is 2.29. The van der Waals surface area contributed by atoms with Gasteiger partial charge in [0.25, 0.3) is 11.5 Å². The van der Waals surface area contributed by atoms with Crippen molar-refractivity contribution in [2.75, 3.05) is 16.8 Å². The molecule has 7 heteroatoms. The molecule has 0 bridgehead atoms. The van der Waals surface area contributed by atoms with Crippen LogP contribution in [0.3, 0.4) is 0 Å². The van der Waals surface area contributed by atoms with Crippen molar-refractivity contribution >= 4 is 34.1 Å². The summed E-state index contributed by atoms with van der Waals surface area (Å²) < 4.78 is 1.54. The van der Waals surface area contributed by atoms with E-state index in [-0.39, 0.29) is 17.4 Å². The summed E-state index contributed by atoms with van der Waals surface area (Å²) in [6, 6.07) is 21.3. The van der Waals surface area contributed by atoms with Crippen molar-refractivity contribution < 1.29 is 9.59 Å². The molecular formula is C26H22N4O3. The van der Waals surface area contributed by atoms with Crippen molar-refractivity contribution in [1.82, 2.24) is 9.55 Å². The highest BCUT2D eigenvalue weighted by molar-refractivity contribution is 6.08. The fraction of sp³-hybridized carbons (Fsp3) is 0.154. The first-order valence-electron chi connectivity index (χ1n) is 10.8. The maximum absolute atomic E-state index is 13.0. The van der Waals surface area contributed by atoms with E-state index in [4.69, 9.17) is 0 Å². The topological polar surface area (TPSA) is 84.3 Å². The highest BCUT2D eigenvalue weighted by atomic mass is 16.2. The molecule has 3 aromatic carbocycles. The third-order valence-corrected chi connectivity index (χ3v) is 5.85. The van der Waals surface area contributed by atoms with E-state index >= 15 is 0 Å². The molecular weight excluding hydrogens is 416 g/mol. The lowest BCUT2D eigenvalue weighted by atomic mass is 10.1. The van der Waals surface area contributed by atoms with Gasteiger partial charge in [-0.3, -0.25) is 19.0 Å². The van der Waals surface area contributed by atoms with E-state index < -0.39 is 0 Å². The van der Waals surface area contributed by atoms with Crippen LogP contribution in [0.2, 0.25) is 0 Å². The molecule has 1 fully saturated rings. The van der Waals surface area contributed by atoms with Gasteiger partial charge in [-0.1, -0.05) is 24.3 Å². The zero-order chi connectivity index (χ0) is 22.9. The van der Waals surface area contributed by atoms with Gasteiger partial charge in [0.05, 0.1) is 28.0 Å². The van der Waals surface area contributed by atoms with Crippen molar-refractivity contribution in [2.45, 2.75) is 19.8 Å². The highest BCUT2D eigenvalue weighted by Gasteiger charge is 2.24. The van der Waals surface area contributed by atoms with Crippen LogP contribution in [0.25, 0.3) is 16.6 Å². The number of anilines is 2. The first kappa shape index (κ1) is 20.6. The molecule has 2 amide bonds. The summed E-state index contributed by atoms with van der Waals surface area (Å²) >= 11 is 0. The average molecular weight is 438 g/mol. The quantitative estimate of drug-likeness (QED) is 0.521. The molecule has 7 nitrogen and oxygen atoms in total. The molecule has 0 saturated carbocycles. The number of rotatable bonds is 4. The molecule has 2 heterocycles. The van der Waals surface area contributed by atoms with Gasteiger partial charge in [0, 0.05) is 18.5 Å². The van der Waals surface area contributed by atoms with E-state index in [0.29, 0.717) is 52.3 Å². The van der Waals surface area contributed by atoms with Gasteiger partial charge in [0.2, 0.25) is 5.91 Å². The summed E-state index contributed by atoms with van der Waals surface area (Å²) in [6.07, 6.45) is 1.33. The van der Waals surface area contributed by atoms with Crippen LogP contribution in [-0.4, -0.2) is 27.9 Å². The van der Waals surface area contributed by atoms with Crippen LogP contribution < -0.4 is 15.8 Å². The summed E-state index contributed by atoms with van der Waals surface area (Å²) in [5.41, 5.74) is 2.88. The van der Waals surface area contributed by atoms with E-state index in [0.717, 1.165) is 6.42 Å². The molecule has 1 aromatic heterocycles. The van der Waals surface area contributed by atoms with Gasteiger partial charge in [-0.15, -0.1) is 0 Å². The molecule has 33 heavy (non-hydrogen) atoms. The number of carbonyl (C=O) groups is 2. The monoisotopic (exact) mass is 438 g/mol. The second-order valence-electron chi connectivity index (χ2n) is 7.98. The predicted molar refractivity (Wildman–Crippen MR) is 128 cm³/mol. The number of benzene rings is 3. The van der Waals surface area contributed by atoms with Crippen LogP contribution in [-0.2, 0) is 4.79 Å². The molecule has 0 spiro atoms. The molecule has 0 aliphatic carbocycles. The third-order valence-electron chi connectivity index (χ3n) is 5.85. The van der Waals surface area contributed by atoms with E-state index in [1.165, 1.54) is 4.57 Å². The fourth-order valence-electron chi connectivity index (χ4n) is 4.22. The predicted octanol–water partition coefficient (Wildman–Crippen LogP) is 4.07. The van der Waals surface area contributed by atoms with Crippen LogP contribution in [0, 0.1) is 6.92 Å². The molecule has 5 rings (SSSR count). The molecule has 1 N–H and O–H groups in total. The zero-order valence-corrected chi connectivity index (χ0v) is 18.1. The van der Waals surface area contributed by atoms with Gasteiger partial charge in [0.1, 0.15) is 5.82 Å². The van der Waals surface area contributed by atoms with Gasteiger partial charge in [-0.05, 0) is 61.9 Å². The van der Waals surface area contributed by atoms with Crippen LogP contribution in [0.1, 0.15) is 29.0 Å². The smallest absolute Gasteiger partial charge is 0.265 e. The Kier molecular flexibility index (Phi) is 5.22. The second-order valence-corrected chi connectivity index (χ2v) is 7.98. The Hall–Kier alpha value is -4.26. The van der Waals surface area contributed by atoms with E-state index in [1.54, 1.807) is 48.2 Å². The van der Waals surface area contributed by atoms with Crippen molar-refractivity contribution in [3.05, 3.63) is 94.5 Å². The molecule has 1 saturated heterocycles. The Balaban J connectivity index is 1.43. The zero-order valence-electron chi connectivity index (χ0n) is 18.1. The maximum Gasteiger partial charge on any atom is 0.265 e. The largest absolute Gasteiger partial charge is 0.320 e. The van der Waals surface area contributed by atoms with Crippen molar-refractivity contribution in [1.29, 1.82) is 0 Å². The summed E-state index contributed by atoms with van der Waals surface area (Å²) in [5, 5.41) is 3.46. The Morgan fingerprint density at radius 3 is 2.42 bits per heavy atom. The van der Waals surface area contributed by atoms with Gasteiger partial charge in [-0.25, -0.2) is 4.98 Å². The van der Waals surface area contributed by atoms with E-state index in [9.17, 15) is 14.4 Å². The lowest BCUT2D eigenvalue weighted by Gasteiger charge is -2.20. The Labute approximate surface area is 190 Å². The number of nitrogens with zero attached hydrogens (tertiary/aromatic N) is 3. The first-order valence-corrected chi connectivity index (χ1v) is 10.8. The fourth-order valence-corrected chi connectivity index (χ4v) is 4.22. The maximum atomic E-state index is 13.0. The van der Waals surface area contributed by atoms with Gasteiger partial charge in [0.15, 0.2) is 0 Å². The Bertz CT molecular complexity index is 1440. The van der Waals surface area contributed by atoms with E-state index in [2.05, 4.69) is 10.3 Å².